The van der Waals surface area contributed by atoms with E-state index in [0.29, 0.717) is 25.7 Å². The molecule has 0 saturated heterocycles. The molecule has 1 N–H and O–H groups in total. The van der Waals surface area contributed by atoms with E-state index in [2.05, 4.69) is 65.9 Å². The van der Waals surface area contributed by atoms with Crippen LogP contribution in [0.25, 0.3) is 0 Å². The van der Waals surface area contributed by atoms with Crippen molar-refractivity contribution in [3.8, 4) is 0 Å². The number of aliphatic imine (C=N–C) groups is 2. The normalized spacial score (nSPS) is 15.1. The van der Waals surface area contributed by atoms with Crippen LogP contribution in [-0.4, -0.2) is 46.3 Å². The van der Waals surface area contributed by atoms with Crippen molar-refractivity contribution in [3.63, 3.8) is 0 Å². The van der Waals surface area contributed by atoms with E-state index in [0.717, 1.165) is 37.8 Å². The summed E-state index contributed by atoms with van der Waals surface area (Å²) in [5.41, 5.74) is 3.25. The lowest BCUT2D eigenvalue weighted by atomic mass is 9.67. The summed E-state index contributed by atoms with van der Waals surface area (Å²) >= 11 is 1.71. The number of hydrogen-bond donors (Lipinski definition) is 1. The van der Waals surface area contributed by atoms with Crippen molar-refractivity contribution < 1.29 is 4.74 Å². The van der Waals surface area contributed by atoms with Crippen molar-refractivity contribution in [2.75, 3.05) is 33.4 Å². The Labute approximate surface area is 187 Å². The smallest absolute Gasteiger partial charge is 0.0662 e. The highest BCUT2D eigenvalue weighted by atomic mass is 32.1. The third-order valence-electron chi connectivity index (χ3n) is 5.39. The third kappa shape index (κ3) is 8.13. The lowest BCUT2D eigenvalue weighted by Crippen LogP contribution is -2.30. The topological polar surface area (TPSA) is 46.0 Å². The Kier molecular flexibility index (Phi) is 13.2. The molecule has 1 aromatic rings. The highest BCUT2D eigenvalue weighted by molar-refractivity contribution is 7.08. The molecule has 0 aliphatic rings. The number of nitrogens with zero attached hydrogens (tertiary/aromatic N) is 2. The number of ether oxygens (including phenoxy) is 1. The molecule has 0 aromatic carbocycles. The van der Waals surface area contributed by atoms with E-state index < -0.39 is 0 Å². The van der Waals surface area contributed by atoms with Gasteiger partial charge in [0.05, 0.1) is 19.8 Å². The molecule has 0 bridgehead atoms. The molecule has 0 spiro atoms. The van der Waals surface area contributed by atoms with E-state index in [-0.39, 0.29) is 5.41 Å². The first-order chi connectivity index (χ1) is 14.6. The molecule has 2 unspecified atom stereocenters. The van der Waals surface area contributed by atoms with Crippen LogP contribution >= 0.6 is 11.3 Å². The highest BCUT2D eigenvalue weighted by Gasteiger charge is 2.36. The third-order valence-corrected chi connectivity index (χ3v) is 6.07. The van der Waals surface area contributed by atoms with Crippen molar-refractivity contribution in [1.29, 1.82) is 0 Å². The van der Waals surface area contributed by atoms with Gasteiger partial charge in [-0.3, -0.25) is 9.98 Å². The van der Waals surface area contributed by atoms with Crippen LogP contribution in [0.2, 0.25) is 0 Å². The van der Waals surface area contributed by atoms with Crippen LogP contribution in [-0.2, 0) is 10.2 Å². The minimum absolute atomic E-state index is 0.293. The lowest BCUT2D eigenvalue weighted by molar-refractivity contribution is 0.145. The van der Waals surface area contributed by atoms with Gasteiger partial charge in [-0.05, 0) is 66.9 Å². The number of likely N-dealkylation sites (N-methyl/N-ethyl adjacent to an activating group) is 1. The first kappa shape index (κ1) is 26.2. The first-order valence-corrected chi connectivity index (χ1v) is 11.7. The lowest BCUT2D eigenvalue weighted by Gasteiger charge is -2.36. The van der Waals surface area contributed by atoms with Crippen molar-refractivity contribution in [1.82, 2.24) is 5.32 Å². The van der Waals surface area contributed by atoms with Gasteiger partial charge in [0.1, 0.15) is 0 Å². The Hall–Kier alpha value is -1.82. The standard InChI is InChI=1S/C25H39N3OS/c1-7-9-21(3)22(4)17-25(11-8-2,23-10-16-30-20-23)24(18-27-6)19-28-13-15-29-14-12-26-5/h8,10,16,18-21,26H,2,4,6-7,9,11-15,17H2,1,3,5H3/b24-18+,28-19?. The van der Waals surface area contributed by atoms with Gasteiger partial charge in [-0.25, -0.2) is 0 Å². The molecule has 0 aliphatic carbocycles. The Bertz CT molecular complexity index is 693. The monoisotopic (exact) mass is 429 g/mol. The maximum absolute atomic E-state index is 5.58. The molecule has 5 heteroatoms. The van der Waals surface area contributed by atoms with Gasteiger partial charge < -0.3 is 10.1 Å². The van der Waals surface area contributed by atoms with Gasteiger partial charge in [-0.1, -0.05) is 38.5 Å². The zero-order chi connectivity index (χ0) is 22.2. The van der Waals surface area contributed by atoms with Crippen LogP contribution in [0.3, 0.4) is 0 Å². The average Bonchev–Trinajstić information content (AvgIpc) is 3.27. The quantitative estimate of drug-likeness (QED) is 0.192. The Balaban J connectivity index is 3.17. The maximum Gasteiger partial charge on any atom is 0.0662 e. The maximum atomic E-state index is 5.58. The summed E-state index contributed by atoms with van der Waals surface area (Å²) in [6, 6.07) is 2.19. The van der Waals surface area contributed by atoms with Crippen LogP contribution in [0.15, 0.2) is 63.4 Å². The minimum Gasteiger partial charge on any atom is -0.378 e. The van der Waals surface area contributed by atoms with Crippen LogP contribution in [0.4, 0.5) is 0 Å². The van der Waals surface area contributed by atoms with E-state index in [1.807, 2.05) is 25.5 Å². The highest BCUT2D eigenvalue weighted by Crippen LogP contribution is 2.43. The van der Waals surface area contributed by atoms with Crippen molar-refractivity contribution >= 4 is 24.3 Å². The fraction of sp³-hybridized carbons (Fsp3) is 0.520. The van der Waals surface area contributed by atoms with Gasteiger partial charge in [-0.2, -0.15) is 11.3 Å². The van der Waals surface area contributed by atoms with Crippen LogP contribution < -0.4 is 5.32 Å². The number of rotatable bonds is 17. The molecule has 0 amide bonds. The van der Waals surface area contributed by atoms with Gasteiger partial charge in [0.25, 0.3) is 0 Å². The Morgan fingerprint density at radius 2 is 2.20 bits per heavy atom. The second-order valence-electron chi connectivity index (χ2n) is 7.63. The van der Waals surface area contributed by atoms with Crippen LogP contribution in [0, 0.1) is 5.92 Å². The second kappa shape index (κ2) is 15.1. The van der Waals surface area contributed by atoms with E-state index >= 15 is 0 Å². The zero-order valence-electron chi connectivity index (χ0n) is 19.0. The van der Waals surface area contributed by atoms with E-state index in [9.17, 15) is 0 Å². The summed E-state index contributed by atoms with van der Waals surface area (Å²) in [5, 5.41) is 7.41. The predicted molar refractivity (Wildman–Crippen MR) is 134 cm³/mol. The van der Waals surface area contributed by atoms with Gasteiger partial charge in [0.2, 0.25) is 0 Å². The number of thiophene rings is 1. The Morgan fingerprint density at radius 3 is 2.80 bits per heavy atom. The molecule has 1 rings (SSSR count). The summed E-state index contributed by atoms with van der Waals surface area (Å²) in [4.78, 5) is 8.77. The van der Waals surface area contributed by atoms with E-state index in [1.165, 1.54) is 11.1 Å². The van der Waals surface area contributed by atoms with Crippen molar-refractivity contribution in [3.05, 3.63) is 59.0 Å². The summed E-state index contributed by atoms with van der Waals surface area (Å²) < 4.78 is 5.58. The molecular weight excluding hydrogens is 390 g/mol. The second-order valence-corrected chi connectivity index (χ2v) is 8.41. The molecular formula is C25H39N3OS. The summed E-state index contributed by atoms with van der Waals surface area (Å²) in [7, 11) is 1.92. The molecule has 0 aliphatic heterocycles. The number of hydrogen-bond acceptors (Lipinski definition) is 5. The van der Waals surface area contributed by atoms with Crippen LogP contribution in [0.1, 0.15) is 45.1 Å². The van der Waals surface area contributed by atoms with E-state index in [4.69, 9.17) is 4.74 Å². The molecule has 4 nitrogen and oxygen atoms in total. The summed E-state index contributed by atoms with van der Waals surface area (Å²) in [6.45, 7) is 19.4. The molecule has 0 radical (unpaired) electrons. The minimum atomic E-state index is -0.293. The summed E-state index contributed by atoms with van der Waals surface area (Å²) in [5.74, 6) is 0.466. The summed E-state index contributed by atoms with van der Waals surface area (Å²) in [6.07, 6.45) is 9.68. The van der Waals surface area contributed by atoms with Gasteiger partial charge >= 0.3 is 0 Å². The molecule has 1 heterocycles. The first-order valence-electron chi connectivity index (χ1n) is 10.8. The van der Waals surface area contributed by atoms with Crippen LogP contribution in [0.5, 0.6) is 0 Å². The molecule has 0 fully saturated rings. The van der Waals surface area contributed by atoms with Crippen molar-refractivity contribution in [2.45, 2.75) is 44.9 Å². The molecule has 0 saturated carbocycles. The van der Waals surface area contributed by atoms with Crippen molar-refractivity contribution in [2.24, 2.45) is 15.9 Å². The largest absolute Gasteiger partial charge is 0.378 e. The molecule has 166 valence electrons. The fourth-order valence-electron chi connectivity index (χ4n) is 3.60. The van der Waals surface area contributed by atoms with E-state index in [1.54, 1.807) is 11.3 Å². The predicted octanol–water partition coefficient (Wildman–Crippen LogP) is 5.84. The fourth-order valence-corrected chi connectivity index (χ4v) is 4.35. The van der Waals surface area contributed by atoms with Gasteiger partial charge in [0, 0.05) is 24.4 Å². The number of allylic oxidation sites excluding steroid dienone is 3. The van der Waals surface area contributed by atoms with Gasteiger partial charge in [-0.15, -0.1) is 6.58 Å². The van der Waals surface area contributed by atoms with Gasteiger partial charge in [0.15, 0.2) is 0 Å². The molecule has 30 heavy (non-hydrogen) atoms. The average molecular weight is 430 g/mol. The molecule has 2 atom stereocenters. The zero-order valence-corrected chi connectivity index (χ0v) is 19.8. The molecule has 1 aromatic heterocycles. The Morgan fingerprint density at radius 1 is 1.40 bits per heavy atom. The SMILES string of the molecule is C=CCC(CC(=C)C(C)CCC)(/C(C=NCCOCCNC)=C/N=C)c1ccsc1. The number of nitrogens with one attached hydrogen (secondary N) is 1.